The first-order valence-corrected chi connectivity index (χ1v) is 11.6. The fraction of sp³-hybridized carbons (Fsp3) is 0.143. The lowest BCUT2D eigenvalue weighted by atomic mass is 10.1. The van der Waals surface area contributed by atoms with Crippen LogP contribution in [0.3, 0.4) is 0 Å². The molecule has 0 spiro atoms. The van der Waals surface area contributed by atoms with Crippen LogP contribution in [0.5, 0.6) is 5.75 Å². The van der Waals surface area contributed by atoms with Crippen LogP contribution in [0.4, 0.5) is 5.69 Å². The molecule has 1 heterocycles. The van der Waals surface area contributed by atoms with Crippen LogP contribution in [0, 0.1) is 10.1 Å². The Hall–Kier alpha value is -4.72. The van der Waals surface area contributed by atoms with E-state index in [1.807, 2.05) is 18.2 Å². The zero-order valence-corrected chi connectivity index (χ0v) is 19.3. The zero-order valence-electron chi connectivity index (χ0n) is 19.3. The molecule has 5 rings (SSSR count). The highest BCUT2D eigenvalue weighted by Crippen LogP contribution is 2.27. The van der Waals surface area contributed by atoms with Gasteiger partial charge in [0.1, 0.15) is 23.9 Å². The van der Waals surface area contributed by atoms with Gasteiger partial charge in [-0.05, 0) is 84.5 Å². The predicted octanol–water partition coefficient (Wildman–Crippen LogP) is 5.69. The second-order valence-electron chi connectivity index (χ2n) is 8.47. The van der Waals surface area contributed by atoms with Crippen LogP contribution in [-0.2, 0) is 19.4 Å². The maximum atomic E-state index is 12.4. The summed E-state index contributed by atoms with van der Waals surface area (Å²) in [6, 6.07) is 22.9. The fourth-order valence-corrected chi connectivity index (χ4v) is 4.10. The third-order valence-corrected chi connectivity index (χ3v) is 6.04. The first-order chi connectivity index (χ1) is 17.5. The van der Waals surface area contributed by atoms with Crippen molar-refractivity contribution in [2.75, 3.05) is 0 Å². The van der Waals surface area contributed by atoms with Crippen molar-refractivity contribution in [1.82, 2.24) is 5.43 Å². The number of hydrogen-bond acceptors (Lipinski definition) is 6. The lowest BCUT2D eigenvalue weighted by Gasteiger charge is -2.09. The van der Waals surface area contributed by atoms with E-state index >= 15 is 0 Å². The van der Waals surface area contributed by atoms with Gasteiger partial charge in [0.2, 0.25) is 0 Å². The number of aryl methyl sites for hydroxylation is 2. The molecule has 8 nitrogen and oxygen atoms in total. The maximum Gasteiger partial charge on any atom is 0.271 e. The maximum absolute atomic E-state index is 12.4. The molecule has 1 N–H and O–H groups in total. The number of nitrogens with zero attached hydrogens (tertiary/aromatic N) is 2. The predicted molar refractivity (Wildman–Crippen MR) is 135 cm³/mol. The summed E-state index contributed by atoms with van der Waals surface area (Å²) in [4.78, 5) is 22.7. The number of non-ortho nitro benzene ring substituents is 1. The summed E-state index contributed by atoms with van der Waals surface area (Å²) in [7, 11) is 0. The van der Waals surface area contributed by atoms with Gasteiger partial charge in [-0.2, -0.15) is 5.10 Å². The van der Waals surface area contributed by atoms with Crippen LogP contribution in [-0.4, -0.2) is 17.0 Å². The summed E-state index contributed by atoms with van der Waals surface area (Å²) in [6.45, 7) is 0.425. The second-order valence-corrected chi connectivity index (χ2v) is 8.47. The van der Waals surface area contributed by atoms with Crippen molar-refractivity contribution in [2.24, 2.45) is 5.10 Å². The van der Waals surface area contributed by atoms with E-state index in [0.29, 0.717) is 29.3 Å². The first kappa shape index (κ1) is 23.0. The highest BCUT2D eigenvalue weighted by atomic mass is 16.6. The van der Waals surface area contributed by atoms with Crippen molar-refractivity contribution in [3.8, 4) is 17.1 Å². The minimum atomic E-state index is -0.455. The number of nitro benzene ring substituents is 1. The number of fused-ring (bicyclic) bond motifs is 1. The Morgan fingerprint density at radius 2 is 1.78 bits per heavy atom. The first-order valence-electron chi connectivity index (χ1n) is 11.6. The molecule has 3 aromatic carbocycles. The number of hydrazone groups is 1. The van der Waals surface area contributed by atoms with Crippen LogP contribution >= 0.6 is 0 Å². The molecular formula is C28H23N3O5. The molecule has 0 saturated carbocycles. The van der Waals surface area contributed by atoms with Gasteiger partial charge >= 0.3 is 0 Å². The minimum absolute atomic E-state index is 0.00873. The third-order valence-electron chi connectivity index (χ3n) is 6.04. The Labute approximate surface area is 207 Å². The van der Waals surface area contributed by atoms with Crippen LogP contribution in [0.15, 0.2) is 88.4 Å². The summed E-state index contributed by atoms with van der Waals surface area (Å²) in [5.74, 6) is 1.49. The van der Waals surface area contributed by atoms with E-state index in [1.54, 1.807) is 36.4 Å². The van der Waals surface area contributed by atoms with Crippen LogP contribution < -0.4 is 10.2 Å². The van der Waals surface area contributed by atoms with Crippen molar-refractivity contribution >= 4 is 17.8 Å². The number of nitrogens with one attached hydrogen (secondary N) is 1. The van der Waals surface area contributed by atoms with E-state index in [-0.39, 0.29) is 11.6 Å². The molecule has 1 aliphatic carbocycles. The highest BCUT2D eigenvalue weighted by molar-refractivity contribution is 5.94. The second kappa shape index (κ2) is 10.3. The SMILES string of the molecule is O=C(NN=Cc1ccc(-c2ccc([N+](=O)[O-])cc2)o1)c1ccc(COc2ccc3c(c2)CCC3)cc1. The molecule has 1 aromatic heterocycles. The largest absolute Gasteiger partial charge is 0.489 e. The Bertz CT molecular complexity index is 1420. The Morgan fingerprint density at radius 3 is 2.56 bits per heavy atom. The molecule has 180 valence electrons. The molecule has 0 fully saturated rings. The molecule has 1 aliphatic rings. The number of hydrogen-bond donors (Lipinski definition) is 1. The topological polar surface area (TPSA) is 107 Å². The Kier molecular flexibility index (Phi) is 6.57. The summed E-state index contributed by atoms with van der Waals surface area (Å²) in [5, 5.41) is 14.7. The zero-order chi connectivity index (χ0) is 24.9. The number of ether oxygens (including phenoxy) is 1. The van der Waals surface area contributed by atoms with Crippen molar-refractivity contribution in [2.45, 2.75) is 25.9 Å². The van der Waals surface area contributed by atoms with Gasteiger partial charge in [-0.3, -0.25) is 14.9 Å². The van der Waals surface area contributed by atoms with E-state index in [2.05, 4.69) is 22.7 Å². The van der Waals surface area contributed by atoms with Crippen molar-refractivity contribution in [3.63, 3.8) is 0 Å². The lowest BCUT2D eigenvalue weighted by molar-refractivity contribution is -0.384. The number of carbonyl (C=O) groups excluding carboxylic acids is 1. The molecule has 0 bridgehead atoms. The van der Waals surface area contributed by atoms with E-state index < -0.39 is 4.92 Å². The molecule has 0 unspecified atom stereocenters. The van der Waals surface area contributed by atoms with Gasteiger partial charge in [-0.1, -0.05) is 18.2 Å². The average molecular weight is 482 g/mol. The standard InChI is InChI=1S/C28H23N3O5/c32-28(30-29-17-26-14-15-27(36-26)21-8-11-24(12-9-21)31(33)34)22-6-4-19(5-7-22)18-35-25-13-10-20-2-1-3-23(20)16-25/h4-17H,1-3,18H2,(H,30,32). The molecule has 1 amide bonds. The number of rotatable bonds is 8. The quantitative estimate of drug-likeness (QED) is 0.198. The number of nitro groups is 1. The van der Waals surface area contributed by atoms with E-state index in [1.165, 1.54) is 35.9 Å². The molecule has 0 saturated heterocycles. The number of furan rings is 1. The van der Waals surface area contributed by atoms with Gasteiger partial charge in [0, 0.05) is 23.3 Å². The fourth-order valence-electron chi connectivity index (χ4n) is 4.10. The van der Waals surface area contributed by atoms with Crippen LogP contribution in [0.1, 0.15) is 39.2 Å². The lowest BCUT2D eigenvalue weighted by Crippen LogP contribution is -2.17. The Balaban J connectivity index is 1.13. The number of amides is 1. The third kappa shape index (κ3) is 5.33. The van der Waals surface area contributed by atoms with E-state index in [4.69, 9.17) is 9.15 Å². The van der Waals surface area contributed by atoms with Crippen molar-refractivity contribution in [3.05, 3.63) is 117 Å². The monoisotopic (exact) mass is 481 g/mol. The average Bonchev–Trinajstić information content (AvgIpc) is 3.57. The molecule has 0 radical (unpaired) electrons. The number of benzene rings is 3. The Morgan fingerprint density at radius 1 is 1.00 bits per heavy atom. The summed E-state index contributed by atoms with van der Waals surface area (Å²) in [6.07, 6.45) is 4.86. The molecule has 8 heteroatoms. The van der Waals surface area contributed by atoms with Gasteiger partial charge in [-0.15, -0.1) is 0 Å². The van der Waals surface area contributed by atoms with Gasteiger partial charge < -0.3 is 9.15 Å². The summed E-state index contributed by atoms with van der Waals surface area (Å²) >= 11 is 0. The molecular weight excluding hydrogens is 458 g/mol. The van der Waals surface area contributed by atoms with Crippen molar-refractivity contribution < 1.29 is 18.9 Å². The molecule has 4 aromatic rings. The van der Waals surface area contributed by atoms with E-state index in [9.17, 15) is 14.9 Å². The number of carbonyl (C=O) groups is 1. The smallest absolute Gasteiger partial charge is 0.271 e. The van der Waals surface area contributed by atoms with Crippen LogP contribution in [0.2, 0.25) is 0 Å². The normalized spacial score (nSPS) is 12.4. The molecule has 0 aliphatic heterocycles. The van der Waals surface area contributed by atoms with E-state index in [0.717, 1.165) is 24.2 Å². The minimum Gasteiger partial charge on any atom is -0.489 e. The van der Waals surface area contributed by atoms with Gasteiger partial charge in [-0.25, -0.2) is 5.43 Å². The highest BCUT2D eigenvalue weighted by Gasteiger charge is 2.12. The van der Waals surface area contributed by atoms with Gasteiger partial charge in [0.15, 0.2) is 0 Å². The summed E-state index contributed by atoms with van der Waals surface area (Å²) < 4.78 is 11.6. The molecule has 0 atom stereocenters. The van der Waals surface area contributed by atoms with Gasteiger partial charge in [0.05, 0.1) is 11.1 Å². The molecule has 36 heavy (non-hydrogen) atoms. The summed E-state index contributed by atoms with van der Waals surface area (Å²) in [5.41, 5.74) is 7.41. The van der Waals surface area contributed by atoms with Crippen molar-refractivity contribution in [1.29, 1.82) is 0 Å². The van der Waals surface area contributed by atoms with Gasteiger partial charge in [0.25, 0.3) is 11.6 Å². The van der Waals surface area contributed by atoms with Crippen LogP contribution in [0.25, 0.3) is 11.3 Å².